The second kappa shape index (κ2) is 6.43. The average Bonchev–Trinajstić information content (AvgIpc) is 2.47. The van der Waals surface area contributed by atoms with E-state index in [1.807, 2.05) is 0 Å². The number of hydrogen-bond acceptors (Lipinski definition) is 2. The van der Waals surface area contributed by atoms with Gasteiger partial charge in [0.05, 0.1) is 0 Å². The minimum atomic E-state index is -4.46. The van der Waals surface area contributed by atoms with Gasteiger partial charge in [0.15, 0.2) is 0 Å². The summed E-state index contributed by atoms with van der Waals surface area (Å²) in [6.07, 6.45) is -3.66. The number of carbonyl (C=O) groups is 1. The van der Waals surface area contributed by atoms with Gasteiger partial charge in [-0.25, -0.2) is 0 Å². The van der Waals surface area contributed by atoms with Crippen LogP contribution in [0.1, 0.15) is 15.9 Å². The maximum absolute atomic E-state index is 13.1. The summed E-state index contributed by atoms with van der Waals surface area (Å²) in [7, 11) is 0. The van der Waals surface area contributed by atoms with E-state index in [9.17, 15) is 18.0 Å². The van der Waals surface area contributed by atoms with Crippen LogP contribution in [-0.4, -0.2) is 19.1 Å². The van der Waals surface area contributed by atoms with Crippen molar-refractivity contribution in [2.75, 3.05) is 11.4 Å². The molecule has 2 nitrogen and oxygen atoms in total. The Morgan fingerprint density at radius 2 is 1.57 bits per heavy atom. The van der Waals surface area contributed by atoms with Gasteiger partial charge in [-0.1, -0.05) is 42.5 Å². The summed E-state index contributed by atoms with van der Waals surface area (Å²) < 4.78 is 39.4. The lowest BCUT2D eigenvalue weighted by Gasteiger charge is -2.27. The first-order valence-corrected chi connectivity index (χ1v) is 6.45. The summed E-state index contributed by atoms with van der Waals surface area (Å²) >= 11 is 0. The number of nitrogens with zero attached hydrogens (tertiary/aromatic N) is 1. The van der Waals surface area contributed by atoms with E-state index in [0.29, 0.717) is 22.3 Å². The molecule has 0 spiro atoms. The van der Waals surface area contributed by atoms with Gasteiger partial charge in [-0.2, -0.15) is 13.2 Å². The minimum absolute atomic E-state index is 0.0913. The molecule has 0 aromatic heterocycles. The molecule has 0 aliphatic heterocycles. The van der Waals surface area contributed by atoms with Gasteiger partial charge in [-0.05, 0) is 24.1 Å². The van der Waals surface area contributed by atoms with Crippen LogP contribution in [0.5, 0.6) is 0 Å². The van der Waals surface area contributed by atoms with E-state index >= 15 is 0 Å². The highest BCUT2D eigenvalue weighted by Crippen LogP contribution is 2.28. The second-order valence-electron chi connectivity index (χ2n) is 4.52. The molecule has 0 amide bonds. The summed E-state index contributed by atoms with van der Waals surface area (Å²) in [5, 5.41) is 0. The van der Waals surface area contributed by atoms with Gasteiger partial charge in [-0.15, -0.1) is 0 Å². The van der Waals surface area contributed by atoms with Gasteiger partial charge in [-0.3, -0.25) is 9.69 Å². The molecular weight excluding hydrogens is 279 g/mol. The first kappa shape index (κ1) is 15.1. The Morgan fingerprint density at radius 1 is 0.952 bits per heavy atom. The van der Waals surface area contributed by atoms with Crippen molar-refractivity contribution in [1.82, 2.24) is 0 Å². The predicted molar refractivity (Wildman–Crippen MR) is 75.4 cm³/mol. The quantitative estimate of drug-likeness (QED) is 0.612. The fourth-order valence-electron chi connectivity index (χ4n) is 2.12. The lowest BCUT2D eigenvalue weighted by molar-refractivity contribution is -0.129. The molecule has 0 N–H and O–H groups in total. The van der Waals surface area contributed by atoms with Crippen molar-refractivity contribution in [3.63, 3.8) is 0 Å². The summed E-state index contributed by atoms with van der Waals surface area (Å²) in [6.45, 7) is -0.238. The van der Waals surface area contributed by atoms with Crippen LogP contribution in [0.2, 0.25) is 0 Å². The van der Waals surface area contributed by atoms with Crippen LogP contribution < -0.4 is 4.90 Å². The molecule has 2 aromatic rings. The standard InChI is InChI=1S/C16H14F3NO/c17-16(18,19)20(15-8-2-1-3-9-15)11-10-13-6-4-5-7-14(13)12-21/h1-9,12H,10-11H2. The van der Waals surface area contributed by atoms with Crippen LogP contribution in [0.15, 0.2) is 54.6 Å². The first-order chi connectivity index (χ1) is 10.0. The smallest absolute Gasteiger partial charge is 0.298 e. The highest BCUT2D eigenvalue weighted by Gasteiger charge is 2.37. The van der Waals surface area contributed by atoms with E-state index in [-0.39, 0.29) is 18.7 Å². The van der Waals surface area contributed by atoms with Crippen molar-refractivity contribution in [2.45, 2.75) is 12.7 Å². The molecule has 5 heteroatoms. The molecule has 0 aliphatic carbocycles. The molecule has 0 bridgehead atoms. The molecule has 0 radical (unpaired) electrons. The van der Waals surface area contributed by atoms with Crippen molar-refractivity contribution in [3.8, 4) is 0 Å². The van der Waals surface area contributed by atoms with E-state index in [1.54, 1.807) is 42.5 Å². The molecule has 2 rings (SSSR count). The third-order valence-corrected chi connectivity index (χ3v) is 3.16. The number of para-hydroxylation sites is 1. The number of alkyl halides is 3. The van der Waals surface area contributed by atoms with Crippen LogP contribution in [0.25, 0.3) is 0 Å². The van der Waals surface area contributed by atoms with E-state index in [0.717, 1.165) is 0 Å². The van der Waals surface area contributed by atoms with Crippen LogP contribution in [0.4, 0.5) is 18.9 Å². The molecule has 0 aliphatic rings. The Morgan fingerprint density at radius 3 is 2.19 bits per heavy atom. The van der Waals surface area contributed by atoms with E-state index in [1.165, 1.54) is 12.1 Å². The summed E-state index contributed by atoms with van der Waals surface area (Å²) in [6, 6.07) is 14.3. The third-order valence-electron chi connectivity index (χ3n) is 3.16. The number of halogens is 3. The average molecular weight is 293 g/mol. The Bertz CT molecular complexity index is 596. The monoisotopic (exact) mass is 293 g/mol. The number of aldehydes is 1. The molecule has 0 heterocycles. The van der Waals surface area contributed by atoms with Crippen molar-refractivity contribution >= 4 is 12.0 Å². The van der Waals surface area contributed by atoms with Crippen LogP contribution >= 0.6 is 0 Å². The normalized spacial score (nSPS) is 11.2. The van der Waals surface area contributed by atoms with Crippen LogP contribution in [-0.2, 0) is 6.42 Å². The van der Waals surface area contributed by atoms with Gasteiger partial charge < -0.3 is 0 Å². The predicted octanol–water partition coefficient (Wildman–Crippen LogP) is 4.07. The minimum Gasteiger partial charge on any atom is -0.298 e. The Labute approximate surface area is 120 Å². The molecule has 21 heavy (non-hydrogen) atoms. The summed E-state index contributed by atoms with van der Waals surface area (Å²) in [4.78, 5) is 11.3. The Kier molecular flexibility index (Phi) is 4.62. The SMILES string of the molecule is O=Cc1ccccc1CCN(c1ccccc1)C(F)(F)F. The highest BCUT2D eigenvalue weighted by atomic mass is 19.4. The maximum atomic E-state index is 13.1. The third kappa shape index (κ3) is 3.84. The number of benzene rings is 2. The van der Waals surface area contributed by atoms with Gasteiger partial charge >= 0.3 is 6.30 Å². The molecule has 0 saturated carbocycles. The Balaban J connectivity index is 2.19. The topological polar surface area (TPSA) is 20.3 Å². The lowest BCUT2D eigenvalue weighted by Crippen LogP contribution is -2.39. The fourth-order valence-corrected chi connectivity index (χ4v) is 2.12. The van der Waals surface area contributed by atoms with Crippen molar-refractivity contribution < 1.29 is 18.0 Å². The van der Waals surface area contributed by atoms with Crippen molar-refractivity contribution in [1.29, 1.82) is 0 Å². The summed E-state index contributed by atoms with van der Waals surface area (Å²) in [5.74, 6) is 0. The van der Waals surface area contributed by atoms with E-state index < -0.39 is 6.30 Å². The highest BCUT2D eigenvalue weighted by molar-refractivity contribution is 5.77. The fraction of sp³-hybridized carbons (Fsp3) is 0.188. The van der Waals surface area contributed by atoms with E-state index in [4.69, 9.17) is 0 Å². The number of hydrogen-bond donors (Lipinski definition) is 0. The van der Waals surface area contributed by atoms with Gasteiger partial charge in [0, 0.05) is 17.8 Å². The molecule has 0 unspecified atom stereocenters. The Hall–Kier alpha value is -2.30. The molecule has 110 valence electrons. The number of carbonyl (C=O) groups excluding carboxylic acids is 1. The van der Waals surface area contributed by atoms with Crippen molar-refractivity contribution in [2.24, 2.45) is 0 Å². The second-order valence-corrected chi connectivity index (χ2v) is 4.52. The van der Waals surface area contributed by atoms with Gasteiger partial charge in [0.1, 0.15) is 6.29 Å². The zero-order valence-corrected chi connectivity index (χ0v) is 11.2. The largest absolute Gasteiger partial charge is 0.484 e. The number of rotatable bonds is 5. The zero-order chi connectivity index (χ0) is 15.3. The molecule has 2 aromatic carbocycles. The molecule has 0 saturated heterocycles. The number of anilines is 1. The van der Waals surface area contributed by atoms with Gasteiger partial charge in [0.2, 0.25) is 0 Å². The lowest BCUT2D eigenvalue weighted by atomic mass is 10.1. The zero-order valence-electron chi connectivity index (χ0n) is 11.2. The van der Waals surface area contributed by atoms with Crippen molar-refractivity contribution in [3.05, 3.63) is 65.7 Å². The van der Waals surface area contributed by atoms with Crippen LogP contribution in [0.3, 0.4) is 0 Å². The summed E-state index contributed by atoms with van der Waals surface area (Å²) in [5.41, 5.74) is 1.12. The maximum Gasteiger partial charge on any atom is 0.484 e. The molecule has 0 atom stereocenters. The first-order valence-electron chi connectivity index (χ1n) is 6.45. The van der Waals surface area contributed by atoms with Crippen LogP contribution in [0, 0.1) is 0 Å². The van der Waals surface area contributed by atoms with E-state index in [2.05, 4.69) is 0 Å². The molecular formula is C16H14F3NO. The molecule has 0 fully saturated rings. The van der Waals surface area contributed by atoms with Gasteiger partial charge in [0.25, 0.3) is 0 Å².